The Morgan fingerprint density at radius 1 is 1.13 bits per heavy atom. The molecule has 0 bridgehead atoms. The quantitative estimate of drug-likeness (QED) is 0.535. The van der Waals surface area contributed by atoms with E-state index in [0.29, 0.717) is 11.8 Å². The molecule has 2 unspecified atom stereocenters. The molecule has 1 fully saturated rings. The molecule has 0 aromatic heterocycles. The molecule has 0 amide bonds. The molecule has 30 heavy (non-hydrogen) atoms. The number of benzene rings is 2. The van der Waals surface area contributed by atoms with Gasteiger partial charge in [-0.05, 0) is 50.2 Å². The van der Waals surface area contributed by atoms with Gasteiger partial charge in [-0.1, -0.05) is 0 Å². The highest BCUT2D eigenvalue weighted by atomic mass is 32.2. The maximum Gasteiger partial charge on any atom is 0.341 e. The fourth-order valence-corrected chi connectivity index (χ4v) is 4.09. The third-order valence-corrected chi connectivity index (χ3v) is 6.04. The Balaban J connectivity index is 1.83. The number of morpholine rings is 1. The zero-order valence-electron chi connectivity index (χ0n) is 16.3. The van der Waals surface area contributed by atoms with Crippen molar-refractivity contribution < 1.29 is 26.9 Å². The number of sulfone groups is 1. The van der Waals surface area contributed by atoms with Crippen molar-refractivity contribution in [1.29, 1.82) is 0 Å². The van der Waals surface area contributed by atoms with E-state index < -0.39 is 31.1 Å². The van der Waals surface area contributed by atoms with Gasteiger partial charge >= 0.3 is 5.76 Å². The summed E-state index contributed by atoms with van der Waals surface area (Å²) in [7, 11) is -4.93. The molecule has 1 saturated heterocycles. The van der Waals surface area contributed by atoms with Crippen molar-refractivity contribution in [1.82, 2.24) is 0 Å². The summed E-state index contributed by atoms with van der Waals surface area (Å²) in [6.45, 7) is 5.47. The molecule has 1 heterocycles. The molecule has 0 saturated carbocycles. The van der Waals surface area contributed by atoms with Crippen LogP contribution >= 0.6 is 0 Å². The van der Waals surface area contributed by atoms with Crippen LogP contribution in [-0.4, -0.2) is 44.4 Å². The Kier molecular flexibility index (Phi) is 6.22. The normalized spacial score (nSPS) is 19.7. The zero-order chi connectivity index (χ0) is 22.1. The predicted octanol–water partition coefficient (Wildman–Crippen LogP) is 3.95. The molecule has 8 nitrogen and oxygen atoms in total. The Hall–Kier alpha value is -2.79. The van der Waals surface area contributed by atoms with Gasteiger partial charge in [-0.15, -0.1) is 0 Å². The van der Waals surface area contributed by atoms with E-state index in [1.807, 2.05) is 26.0 Å². The van der Waals surface area contributed by atoms with Crippen molar-refractivity contribution >= 4 is 32.6 Å². The third-order valence-electron chi connectivity index (χ3n) is 4.66. The van der Waals surface area contributed by atoms with Crippen LogP contribution in [0.25, 0.3) is 0 Å². The fraction of sp³-hybridized carbons (Fsp3) is 0.368. The number of anilines is 3. The van der Waals surface area contributed by atoms with Crippen molar-refractivity contribution in [2.75, 3.05) is 23.3 Å². The maximum absolute atomic E-state index is 12.7. The van der Waals surface area contributed by atoms with Gasteiger partial charge in [0.05, 0.1) is 22.0 Å². The number of nitrogens with zero attached hydrogens (tertiary/aromatic N) is 2. The van der Waals surface area contributed by atoms with Gasteiger partial charge in [0, 0.05) is 30.5 Å². The Morgan fingerprint density at radius 2 is 1.73 bits per heavy atom. The number of rotatable bonds is 6. The average Bonchev–Trinajstić information content (AvgIpc) is 2.67. The molecular formula is C19H21F2N3O5S. The van der Waals surface area contributed by atoms with Crippen LogP contribution in [0.1, 0.15) is 13.8 Å². The summed E-state index contributed by atoms with van der Waals surface area (Å²) < 4.78 is 54.4. The van der Waals surface area contributed by atoms with E-state index >= 15 is 0 Å². The van der Waals surface area contributed by atoms with Crippen LogP contribution in [0, 0.1) is 10.1 Å². The molecule has 11 heteroatoms. The Morgan fingerprint density at radius 3 is 2.27 bits per heavy atom. The van der Waals surface area contributed by atoms with Gasteiger partial charge in [0.25, 0.3) is 5.69 Å². The van der Waals surface area contributed by atoms with Crippen molar-refractivity contribution in [3.8, 4) is 0 Å². The van der Waals surface area contributed by atoms with Crippen molar-refractivity contribution in [2.24, 2.45) is 0 Å². The third kappa shape index (κ3) is 4.68. The maximum atomic E-state index is 12.7. The topological polar surface area (TPSA) is 102 Å². The molecule has 2 atom stereocenters. The standard InChI is InChI=1S/C19H21F2N3O5S/c1-12-10-23(11-13(2)29-12)15-5-3-14(4-6-15)22-17-8-7-16(9-18(17)24(25)26)30(27,28)19(20)21/h3-9,12-13,19,22H,10-11H2,1-2H3. The lowest BCUT2D eigenvalue weighted by atomic mass is 10.2. The summed E-state index contributed by atoms with van der Waals surface area (Å²) in [5.41, 5.74) is 0.877. The minimum Gasteiger partial charge on any atom is -0.372 e. The highest BCUT2D eigenvalue weighted by Gasteiger charge is 2.29. The average molecular weight is 441 g/mol. The highest BCUT2D eigenvalue weighted by Crippen LogP contribution is 2.32. The summed E-state index contributed by atoms with van der Waals surface area (Å²) >= 11 is 0. The van der Waals surface area contributed by atoms with Gasteiger partial charge in [0.1, 0.15) is 5.69 Å². The van der Waals surface area contributed by atoms with Gasteiger partial charge in [0.15, 0.2) is 0 Å². The second kappa shape index (κ2) is 8.52. The molecular weight excluding hydrogens is 420 g/mol. The number of ether oxygens (including phenoxy) is 1. The van der Waals surface area contributed by atoms with E-state index in [-0.39, 0.29) is 17.9 Å². The largest absolute Gasteiger partial charge is 0.372 e. The van der Waals surface area contributed by atoms with Gasteiger partial charge < -0.3 is 15.0 Å². The first kappa shape index (κ1) is 21.9. The minimum absolute atomic E-state index is 0.00502. The molecule has 2 aromatic carbocycles. The first-order chi connectivity index (χ1) is 14.1. The zero-order valence-corrected chi connectivity index (χ0v) is 17.1. The van der Waals surface area contributed by atoms with Crippen LogP contribution in [0.5, 0.6) is 0 Å². The number of nitrogens with one attached hydrogen (secondary N) is 1. The molecule has 162 valence electrons. The van der Waals surface area contributed by atoms with Gasteiger partial charge in [-0.25, -0.2) is 8.42 Å². The van der Waals surface area contributed by atoms with Crippen LogP contribution in [0.4, 0.5) is 31.5 Å². The molecule has 0 radical (unpaired) electrons. The lowest BCUT2D eigenvalue weighted by Gasteiger charge is -2.36. The van der Waals surface area contributed by atoms with Crippen molar-refractivity contribution in [3.63, 3.8) is 0 Å². The first-order valence-corrected chi connectivity index (χ1v) is 10.7. The molecule has 3 rings (SSSR count). The van der Waals surface area contributed by atoms with E-state index in [2.05, 4.69) is 10.2 Å². The molecule has 0 spiro atoms. The number of halogens is 2. The van der Waals surface area contributed by atoms with Crippen LogP contribution in [0.2, 0.25) is 0 Å². The molecule has 0 aliphatic carbocycles. The predicted molar refractivity (Wildman–Crippen MR) is 108 cm³/mol. The lowest BCUT2D eigenvalue weighted by molar-refractivity contribution is -0.384. The smallest absolute Gasteiger partial charge is 0.341 e. The Labute approximate surface area is 172 Å². The lowest BCUT2D eigenvalue weighted by Crippen LogP contribution is -2.45. The Bertz CT molecular complexity index is 1020. The molecule has 1 aliphatic rings. The van der Waals surface area contributed by atoms with Crippen LogP contribution in [0.3, 0.4) is 0 Å². The van der Waals surface area contributed by atoms with Gasteiger partial charge in [-0.2, -0.15) is 8.78 Å². The summed E-state index contributed by atoms with van der Waals surface area (Å²) in [5, 5.41) is 14.2. The van der Waals surface area contributed by atoms with Crippen LogP contribution in [0.15, 0.2) is 47.4 Å². The second-order valence-electron chi connectivity index (χ2n) is 7.08. The van der Waals surface area contributed by atoms with Gasteiger partial charge in [0.2, 0.25) is 9.84 Å². The SMILES string of the molecule is CC1CN(c2ccc(Nc3ccc(S(=O)(=O)C(F)F)cc3[N+](=O)[O-])cc2)CC(C)O1. The summed E-state index contributed by atoms with van der Waals surface area (Å²) in [6, 6.07) is 9.83. The molecule has 2 aromatic rings. The number of hydrogen-bond acceptors (Lipinski definition) is 7. The van der Waals surface area contributed by atoms with Gasteiger partial charge in [-0.3, -0.25) is 10.1 Å². The van der Waals surface area contributed by atoms with E-state index in [9.17, 15) is 27.3 Å². The number of alkyl halides is 2. The van der Waals surface area contributed by atoms with E-state index in [1.54, 1.807) is 12.1 Å². The van der Waals surface area contributed by atoms with Crippen LogP contribution in [-0.2, 0) is 14.6 Å². The van der Waals surface area contributed by atoms with Crippen LogP contribution < -0.4 is 10.2 Å². The summed E-state index contributed by atoms with van der Waals surface area (Å²) in [4.78, 5) is 11.9. The number of nitro benzene ring substituents is 1. The summed E-state index contributed by atoms with van der Waals surface area (Å²) in [6.07, 6.45) is 0.189. The van der Waals surface area contributed by atoms with E-state index in [1.165, 1.54) is 0 Å². The summed E-state index contributed by atoms with van der Waals surface area (Å²) in [5.74, 6) is -3.66. The molecule has 1 N–H and O–H groups in total. The second-order valence-corrected chi connectivity index (χ2v) is 8.99. The number of hydrogen-bond donors (Lipinski definition) is 1. The monoisotopic (exact) mass is 441 g/mol. The van der Waals surface area contributed by atoms with Crippen molar-refractivity contribution in [3.05, 3.63) is 52.6 Å². The fourth-order valence-electron chi connectivity index (χ4n) is 3.35. The highest BCUT2D eigenvalue weighted by molar-refractivity contribution is 7.91. The number of nitro groups is 1. The van der Waals surface area contributed by atoms with E-state index in [4.69, 9.17) is 4.74 Å². The van der Waals surface area contributed by atoms with E-state index in [0.717, 1.165) is 30.9 Å². The molecule has 1 aliphatic heterocycles. The first-order valence-electron chi connectivity index (χ1n) is 9.16. The van der Waals surface area contributed by atoms with Crippen molar-refractivity contribution in [2.45, 2.75) is 36.7 Å². The minimum atomic E-state index is -4.93.